The first kappa shape index (κ1) is 16.3. The van der Waals surface area contributed by atoms with Gasteiger partial charge in [-0.05, 0) is 32.4 Å². The zero-order valence-electron chi connectivity index (χ0n) is 11.3. The Bertz CT molecular complexity index is 501. The maximum Gasteiger partial charge on any atom is 0.242 e. The summed E-state index contributed by atoms with van der Waals surface area (Å²) in [6.07, 6.45) is 1.91. The molecule has 0 aliphatic rings. The first-order valence-electron chi connectivity index (χ1n) is 5.89. The van der Waals surface area contributed by atoms with Crippen molar-refractivity contribution in [2.24, 2.45) is 0 Å². The predicted molar refractivity (Wildman–Crippen MR) is 80.2 cm³/mol. The summed E-state index contributed by atoms with van der Waals surface area (Å²) in [6.45, 7) is 1.95. The van der Waals surface area contributed by atoms with Crippen molar-refractivity contribution in [2.45, 2.75) is 23.1 Å². The summed E-state index contributed by atoms with van der Waals surface area (Å²) in [5.74, 6) is 0. The third-order valence-electron chi connectivity index (χ3n) is 2.87. The molecular weight excluding hydrogens is 284 g/mol. The molecule has 0 aromatic heterocycles. The molecular formula is C12H20N2O3S2. The minimum absolute atomic E-state index is 0.00495. The van der Waals surface area contributed by atoms with E-state index in [1.165, 1.54) is 18.8 Å². The second-order valence-electron chi connectivity index (χ2n) is 4.09. The predicted octanol–water partition coefficient (Wildman–Crippen LogP) is 1.12. The second-order valence-corrected chi connectivity index (χ2v) is 7.03. The molecule has 0 spiro atoms. The van der Waals surface area contributed by atoms with Crippen LogP contribution < -0.4 is 10.0 Å². The van der Waals surface area contributed by atoms with Crippen molar-refractivity contribution in [2.75, 3.05) is 25.2 Å². The van der Waals surface area contributed by atoms with Gasteiger partial charge in [0.15, 0.2) is 0 Å². The molecule has 19 heavy (non-hydrogen) atoms. The van der Waals surface area contributed by atoms with Gasteiger partial charge in [0.25, 0.3) is 0 Å². The van der Waals surface area contributed by atoms with Gasteiger partial charge in [-0.15, -0.1) is 0 Å². The molecule has 2 unspecified atom stereocenters. The first-order chi connectivity index (χ1) is 8.96. The van der Waals surface area contributed by atoms with Crippen LogP contribution in [0.15, 0.2) is 29.2 Å². The van der Waals surface area contributed by atoms with Gasteiger partial charge < -0.3 is 10.4 Å². The van der Waals surface area contributed by atoms with Gasteiger partial charge in [0.2, 0.25) is 10.0 Å². The summed E-state index contributed by atoms with van der Waals surface area (Å²) in [7, 11) is -2.11. The Morgan fingerprint density at radius 1 is 1.37 bits per heavy atom. The number of sulfonamides is 1. The molecule has 0 fully saturated rings. The normalized spacial score (nSPS) is 14.9. The van der Waals surface area contributed by atoms with Gasteiger partial charge in [-0.1, -0.05) is 12.1 Å². The maximum atomic E-state index is 11.9. The van der Waals surface area contributed by atoms with Crippen LogP contribution in [0.5, 0.6) is 0 Å². The van der Waals surface area contributed by atoms with Crippen LogP contribution in [0.3, 0.4) is 0 Å². The highest BCUT2D eigenvalue weighted by Gasteiger charge is 2.20. The van der Waals surface area contributed by atoms with Gasteiger partial charge in [-0.2, -0.15) is 11.8 Å². The number of aliphatic hydroxyl groups excluding tert-OH is 1. The summed E-state index contributed by atoms with van der Waals surface area (Å²) in [5, 5.41) is 12.4. The molecule has 1 rings (SSSR count). The highest BCUT2D eigenvalue weighted by Crippen LogP contribution is 2.23. The zero-order chi connectivity index (χ0) is 14.5. The Labute approximate surface area is 118 Å². The molecule has 2 atom stereocenters. The number of anilines is 1. The second kappa shape index (κ2) is 7.14. The number of benzene rings is 1. The summed E-state index contributed by atoms with van der Waals surface area (Å²) in [5.41, 5.74) is 0.539. The molecule has 0 heterocycles. The van der Waals surface area contributed by atoms with Crippen molar-refractivity contribution < 1.29 is 13.5 Å². The highest BCUT2D eigenvalue weighted by molar-refractivity contribution is 7.99. The number of hydrogen-bond donors (Lipinski definition) is 3. The van der Waals surface area contributed by atoms with Crippen molar-refractivity contribution in [3.8, 4) is 0 Å². The number of rotatable bonds is 7. The maximum absolute atomic E-state index is 11.9. The van der Waals surface area contributed by atoms with E-state index in [0.29, 0.717) is 5.69 Å². The Balaban J connectivity index is 3.03. The van der Waals surface area contributed by atoms with Crippen LogP contribution in [0.4, 0.5) is 5.69 Å². The fraction of sp³-hybridized carbons (Fsp3) is 0.500. The average molecular weight is 304 g/mol. The molecule has 1 aromatic carbocycles. The molecule has 0 bridgehead atoms. The molecule has 1 aromatic rings. The fourth-order valence-electron chi connectivity index (χ4n) is 1.71. The van der Waals surface area contributed by atoms with E-state index in [-0.39, 0.29) is 22.8 Å². The topological polar surface area (TPSA) is 78.4 Å². The summed E-state index contributed by atoms with van der Waals surface area (Å²) < 4.78 is 26.1. The van der Waals surface area contributed by atoms with Crippen LogP contribution in [-0.2, 0) is 10.0 Å². The Morgan fingerprint density at radius 3 is 2.53 bits per heavy atom. The van der Waals surface area contributed by atoms with Crippen molar-refractivity contribution >= 4 is 27.5 Å². The third kappa shape index (κ3) is 4.10. The van der Waals surface area contributed by atoms with E-state index >= 15 is 0 Å². The molecule has 0 aliphatic carbocycles. The number of para-hydroxylation sites is 1. The van der Waals surface area contributed by atoms with E-state index in [1.807, 2.05) is 13.2 Å². The highest BCUT2D eigenvalue weighted by atomic mass is 32.2. The Morgan fingerprint density at radius 2 is 2.00 bits per heavy atom. The van der Waals surface area contributed by atoms with Gasteiger partial charge in [-0.3, -0.25) is 0 Å². The monoisotopic (exact) mass is 304 g/mol. The summed E-state index contributed by atoms with van der Waals surface area (Å²) >= 11 is 1.54. The molecule has 5 nitrogen and oxygen atoms in total. The Kier molecular flexibility index (Phi) is 6.12. The number of hydrogen-bond acceptors (Lipinski definition) is 5. The Hall–Kier alpha value is -0.760. The van der Waals surface area contributed by atoms with Crippen molar-refractivity contribution in [3.63, 3.8) is 0 Å². The van der Waals surface area contributed by atoms with Crippen molar-refractivity contribution in [1.82, 2.24) is 4.72 Å². The molecule has 0 amide bonds. The van der Waals surface area contributed by atoms with Crippen LogP contribution in [-0.4, -0.2) is 44.7 Å². The van der Waals surface area contributed by atoms with E-state index in [9.17, 15) is 13.5 Å². The molecule has 7 heteroatoms. The molecule has 3 N–H and O–H groups in total. The fourth-order valence-corrected chi connectivity index (χ4v) is 3.22. The van der Waals surface area contributed by atoms with Crippen LogP contribution in [0, 0.1) is 0 Å². The van der Waals surface area contributed by atoms with Crippen LogP contribution >= 0.6 is 11.8 Å². The molecule has 0 saturated carbocycles. The number of aliphatic hydroxyl groups is 1. The molecule has 0 saturated heterocycles. The van der Waals surface area contributed by atoms with Gasteiger partial charge in [0.05, 0.1) is 12.3 Å². The first-order valence-corrected chi connectivity index (χ1v) is 8.66. The van der Waals surface area contributed by atoms with Crippen molar-refractivity contribution in [3.05, 3.63) is 24.3 Å². The van der Waals surface area contributed by atoms with Crippen LogP contribution in [0.1, 0.15) is 6.92 Å². The summed E-state index contributed by atoms with van der Waals surface area (Å²) in [6, 6.07) is 6.67. The minimum Gasteiger partial charge on any atom is -0.395 e. The largest absolute Gasteiger partial charge is 0.395 e. The van der Waals surface area contributed by atoms with E-state index in [1.54, 1.807) is 24.3 Å². The lowest BCUT2D eigenvalue weighted by atomic mass is 10.2. The standard InChI is InChI=1S/C12H20N2O3S2/c1-9(11(8-15)18-3)14-10-6-4-5-7-12(10)19(16,17)13-2/h4-7,9,11,13-15H,8H2,1-3H3. The lowest BCUT2D eigenvalue weighted by molar-refractivity contribution is 0.288. The van der Waals surface area contributed by atoms with E-state index in [4.69, 9.17) is 0 Å². The van der Waals surface area contributed by atoms with Gasteiger partial charge in [-0.25, -0.2) is 13.1 Å². The molecule has 108 valence electrons. The lowest BCUT2D eigenvalue weighted by Gasteiger charge is -2.23. The molecule has 0 radical (unpaired) electrons. The van der Waals surface area contributed by atoms with E-state index < -0.39 is 10.0 Å². The number of thioether (sulfide) groups is 1. The zero-order valence-corrected chi connectivity index (χ0v) is 12.9. The average Bonchev–Trinajstić information content (AvgIpc) is 2.40. The van der Waals surface area contributed by atoms with E-state index in [0.717, 1.165) is 0 Å². The van der Waals surface area contributed by atoms with E-state index in [2.05, 4.69) is 10.0 Å². The molecule has 0 aliphatic heterocycles. The van der Waals surface area contributed by atoms with Gasteiger partial charge in [0.1, 0.15) is 4.90 Å². The number of nitrogens with one attached hydrogen (secondary N) is 2. The quantitative estimate of drug-likeness (QED) is 0.703. The third-order valence-corrected chi connectivity index (χ3v) is 5.50. The SMILES string of the molecule is CNS(=O)(=O)c1ccccc1NC(C)C(CO)SC. The van der Waals surface area contributed by atoms with Crippen molar-refractivity contribution in [1.29, 1.82) is 0 Å². The van der Waals surface area contributed by atoms with Gasteiger partial charge >= 0.3 is 0 Å². The van der Waals surface area contributed by atoms with Crippen LogP contribution in [0.2, 0.25) is 0 Å². The van der Waals surface area contributed by atoms with Crippen LogP contribution in [0.25, 0.3) is 0 Å². The van der Waals surface area contributed by atoms with Gasteiger partial charge in [0, 0.05) is 11.3 Å². The minimum atomic E-state index is -3.50. The lowest BCUT2D eigenvalue weighted by Crippen LogP contribution is -2.32. The summed E-state index contributed by atoms with van der Waals surface area (Å²) in [4.78, 5) is 0.210. The smallest absolute Gasteiger partial charge is 0.242 e.